The van der Waals surface area contributed by atoms with Crippen LogP contribution in [0, 0.1) is 0 Å². The third kappa shape index (κ3) is 7.52. The van der Waals surface area contributed by atoms with Gasteiger partial charge >= 0.3 is 12.2 Å². The molecule has 3 nitrogen and oxygen atoms in total. The molecule has 0 aliphatic rings. The maximum absolute atomic E-state index is 11.5. The lowest BCUT2D eigenvalue weighted by Gasteiger charge is -2.05. The summed E-state index contributed by atoms with van der Waals surface area (Å²) in [4.78, 5) is 10.5. The van der Waals surface area contributed by atoms with Crippen molar-refractivity contribution < 1.29 is 18.0 Å². The van der Waals surface area contributed by atoms with E-state index in [1.165, 1.54) is 0 Å². The first-order chi connectivity index (χ1) is 5.31. The third-order valence-corrected chi connectivity index (χ3v) is 1.24. The molecule has 0 aromatic heterocycles. The van der Waals surface area contributed by atoms with E-state index in [1.807, 2.05) is 0 Å². The number of alkyl halides is 3. The maximum Gasteiger partial charge on any atom is 0.405 e. The first kappa shape index (κ1) is 11.4. The monoisotopic (exact) mass is 202 g/mol. The molecule has 12 heavy (non-hydrogen) atoms. The van der Waals surface area contributed by atoms with E-state index in [4.69, 9.17) is 0 Å². The van der Waals surface area contributed by atoms with Gasteiger partial charge in [0.2, 0.25) is 0 Å². The molecule has 0 aromatic carbocycles. The van der Waals surface area contributed by atoms with Crippen molar-refractivity contribution in [1.82, 2.24) is 5.32 Å². The Hall–Kier alpha value is -0.590. The summed E-state index contributed by atoms with van der Waals surface area (Å²) < 4.78 is 37.9. The molecule has 0 saturated heterocycles. The highest BCUT2D eigenvalue weighted by molar-refractivity contribution is 7.86. The molecule has 0 fully saturated rings. The number of amides is 2. The summed E-state index contributed by atoms with van der Waals surface area (Å²) in [5.74, 6) is 0. The van der Waals surface area contributed by atoms with Crippen molar-refractivity contribution in [2.45, 2.75) is 6.18 Å². The predicted molar refractivity (Wildman–Crippen MR) is 41.1 cm³/mol. The van der Waals surface area contributed by atoms with Crippen LogP contribution in [-0.4, -0.2) is 31.3 Å². The number of carbonyl (C=O) groups is 1. The summed E-state index contributed by atoms with van der Waals surface area (Å²) in [7, 11) is -0.528. The van der Waals surface area contributed by atoms with Gasteiger partial charge in [-0.3, -0.25) is 0 Å². The lowest BCUT2D eigenvalue weighted by Crippen LogP contribution is -2.32. The standard InChI is InChI=1S/C5H9F3N2OS/c1-12(2)10-4(11)9-3-5(6,7)8/h3H2,1-2H3,(H,9,11). The Morgan fingerprint density at radius 1 is 1.50 bits per heavy atom. The zero-order valence-corrected chi connectivity index (χ0v) is 7.42. The molecular formula is C5H9F3N2OS. The molecule has 0 aliphatic heterocycles. The Bertz CT molecular complexity index is 197. The molecule has 0 heterocycles. The second-order valence-electron chi connectivity index (χ2n) is 2.14. The highest BCUT2D eigenvalue weighted by Crippen LogP contribution is 2.12. The molecule has 0 atom stereocenters. The van der Waals surface area contributed by atoms with E-state index in [0.717, 1.165) is 0 Å². The second-order valence-corrected chi connectivity index (χ2v) is 3.87. The van der Waals surface area contributed by atoms with Crippen molar-refractivity contribution >= 4 is 16.7 Å². The summed E-state index contributed by atoms with van der Waals surface area (Å²) in [5.41, 5.74) is 0. The van der Waals surface area contributed by atoms with Crippen LogP contribution in [0.4, 0.5) is 18.0 Å². The predicted octanol–water partition coefficient (Wildman–Crippen LogP) is 1.32. The first-order valence-corrected chi connectivity index (χ1v) is 4.95. The average Bonchev–Trinajstić information content (AvgIpc) is 1.80. The van der Waals surface area contributed by atoms with E-state index in [-0.39, 0.29) is 0 Å². The van der Waals surface area contributed by atoms with Gasteiger partial charge in [-0.1, -0.05) is 10.7 Å². The van der Waals surface area contributed by atoms with Crippen LogP contribution < -0.4 is 5.32 Å². The van der Waals surface area contributed by atoms with Gasteiger partial charge in [-0.15, -0.1) is 0 Å². The van der Waals surface area contributed by atoms with Crippen LogP contribution in [0.25, 0.3) is 0 Å². The van der Waals surface area contributed by atoms with Crippen LogP contribution in [0.15, 0.2) is 4.36 Å². The lowest BCUT2D eigenvalue weighted by molar-refractivity contribution is -0.122. The summed E-state index contributed by atoms with van der Waals surface area (Å²) in [6.45, 7) is -1.33. The summed E-state index contributed by atoms with van der Waals surface area (Å²) in [6, 6.07) is -0.916. The average molecular weight is 202 g/mol. The fourth-order valence-corrected chi connectivity index (χ4v) is 0.770. The fraction of sp³-hybridized carbons (Fsp3) is 0.800. The van der Waals surface area contributed by atoms with E-state index in [1.54, 1.807) is 17.8 Å². The second kappa shape index (κ2) is 4.44. The molecule has 0 aromatic rings. The number of urea groups is 1. The molecule has 0 spiro atoms. The highest BCUT2D eigenvalue weighted by Gasteiger charge is 2.27. The number of nitrogens with zero attached hydrogens (tertiary/aromatic N) is 1. The van der Waals surface area contributed by atoms with Gasteiger partial charge in [0.15, 0.2) is 0 Å². The molecule has 0 bridgehead atoms. The molecule has 0 rings (SSSR count). The maximum atomic E-state index is 11.5. The van der Waals surface area contributed by atoms with Crippen molar-refractivity contribution in [3.05, 3.63) is 0 Å². The molecular weight excluding hydrogens is 193 g/mol. The Kier molecular flexibility index (Phi) is 4.22. The summed E-state index contributed by atoms with van der Waals surface area (Å²) >= 11 is 0. The van der Waals surface area contributed by atoms with E-state index >= 15 is 0 Å². The Balaban J connectivity index is 3.81. The van der Waals surface area contributed by atoms with Crippen molar-refractivity contribution in [2.24, 2.45) is 4.36 Å². The smallest absolute Gasteiger partial charge is 0.327 e. The van der Waals surface area contributed by atoms with Gasteiger partial charge in [0.05, 0.1) is 0 Å². The normalized spacial score (nSPS) is 11.5. The minimum Gasteiger partial charge on any atom is -0.327 e. The van der Waals surface area contributed by atoms with Gasteiger partial charge in [0.25, 0.3) is 0 Å². The molecule has 7 heteroatoms. The molecule has 0 saturated carbocycles. The molecule has 72 valence electrons. The third-order valence-electron chi connectivity index (χ3n) is 0.706. The van der Waals surface area contributed by atoms with Gasteiger partial charge in [-0.2, -0.15) is 17.5 Å². The van der Waals surface area contributed by atoms with Crippen LogP contribution in [0.5, 0.6) is 0 Å². The highest BCUT2D eigenvalue weighted by atomic mass is 32.2. The minimum absolute atomic E-state index is 0.528. The largest absolute Gasteiger partial charge is 0.405 e. The Morgan fingerprint density at radius 3 is 2.33 bits per heavy atom. The lowest BCUT2D eigenvalue weighted by atomic mass is 10.6. The fourth-order valence-electron chi connectivity index (χ4n) is 0.374. The van der Waals surface area contributed by atoms with E-state index in [0.29, 0.717) is 0 Å². The number of hydrogen-bond donors (Lipinski definition) is 1. The minimum atomic E-state index is -4.37. The van der Waals surface area contributed by atoms with Gasteiger partial charge in [-0.05, 0) is 12.5 Å². The zero-order chi connectivity index (χ0) is 9.78. The summed E-state index contributed by atoms with van der Waals surface area (Å²) in [5, 5.41) is 1.63. The number of rotatable bonds is 1. The molecule has 0 unspecified atom stereocenters. The SMILES string of the molecule is CS(C)=NC(=O)NCC(F)(F)F. The quantitative estimate of drug-likeness (QED) is 0.684. The van der Waals surface area contributed by atoms with Crippen molar-refractivity contribution in [3.8, 4) is 0 Å². The van der Waals surface area contributed by atoms with E-state index in [2.05, 4.69) is 4.36 Å². The first-order valence-electron chi connectivity index (χ1n) is 2.95. The number of halogens is 3. The van der Waals surface area contributed by atoms with Gasteiger partial charge < -0.3 is 5.32 Å². The van der Waals surface area contributed by atoms with Crippen LogP contribution in [0.2, 0.25) is 0 Å². The Labute approximate surface area is 70.4 Å². The molecule has 0 aliphatic carbocycles. The van der Waals surface area contributed by atoms with Crippen LogP contribution in [-0.2, 0) is 10.7 Å². The number of carbonyl (C=O) groups excluding carboxylic acids is 1. The molecule has 0 radical (unpaired) electrons. The zero-order valence-electron chi connectivity index (χ0n) is 6.60. The number of nitrogens with one attached hydrogen (secondary N) is 1. The van der Waals surface area contributed by atoms with Crippen LogP contribution >= 0.6 is 0 Å². The van der Waals surface area contributed by atoms with Crippen LogP contribution in [0.1, 0.15) is 0 Å². The molecule has 1 N–H and O–H groups in total. The topological polar surface area (TPSA) is 41.5 Å². The van der Waals surface area contributed by atoms with Gasteiger partial charge in [0, 0.05) is 0 Å². The molecule has 2 amide bonds. The van der Waals surface area contributed by atoms with E-state index in [9.17, 15) is 18.0 Å². The van der Waals surface area contributed by atoms with Gasteiger partial charge in [0.1, 0.15) is 6.54 Å². The summed E-state index contributed by atoms with van der Waals surface area (Å²) in [6.07, 6.45) is -1.11. The van der Waals surface area contributed by atoms with Crippen molar-refractivity contribution in [2.75, 3.05) is 19.1 Å². The van der Waals surface area contributed by atoms with Crippen molar-refractivity contribution in [3.63, 3.8) is 0 Å². The number of hydrogen-bond acceptors (Lipinski definition) is 1. The van der Waals surface area contributed by atoms with E-state index < -0.39 is 29.4 Å². The van der Waals surface area contributed by atoms with Crippen LogP contribution in [0.3, 0.4) is 0 Å². The Morgan fingerprint density at radius 2 is 2.00 bits per heavy atom. The van der Waals surface area contributed by atoms with Crippen molar-refractivity contribution in [1.29, 1.82) is 0 Å². The van der Waals surface area contributed by atoms with Gasteiger partial charge in [-0.25, -0.2) is 4.79 Å².